The van der Waals surface area contributed by atoms with Crippen LogP contribution in [0.1, 0.15) is 38.2 Å². The van der Waals surface area contributed by atoms with E-state index >= 15 is 0 Å². The summed E-state index contributed by atoms with van der Waals surface area (Å²) in [5, 5.41) is 0. The van der Waals surface area contributed by atoms with Crippen molar-refractivity contribution >= 4 is 5.91 Å². The summed E-state index contributed by atoms with van der Waals surface area (Å²) in [7, 11) is 0. The van der Waals surface area contributed by atoms with Crippen LogP contribution in [0.4, 0.5) is 0 Å². The Kier molecular flexibility index (Phi) is 6.21. The summed E-state index contributed by atoms with van der Waals surface area (Å²) in [5.41, 5.74) is 1.23. The maximum atomic E-state index is 13.1. The van der Waals surface area contributed by atoms with Crippen molar-refractivity contribution in [2.24, 2.45) is 5.92 Å². The Balaban J connectivity index is 1.65. The van der Waals surface area contributed by atoms with Gasteiger partial charge in [0.1, 0.15) is 0 Å². The number of carbonyl (C=O) groups is 1. The summed E-state index contributed by atoms with van der Waals surface area (Å²) in [5.74, 6) is 0.810. The zero-order chi connectivity index (χ0) is 16.8. The molecule has 2 aliphatic rings. The van der Waals surface area contributed by atoms with Crippen molar-refractivity contribution in [2.75, 3.05) is 32.8 Å². The topological polar surface area (TPSA) is 45.7 Å². The standard InChI is InChI=1S/C19H29N3O2/c1-2-21(14-17-8-12-24-15-17)19(23)18-5-3-4-11-22(18)13-16-6-9-20-10-7-16/h6-7,9-10,17-18H,2-5,8,11-15H2,1H3. The summed E-state index contributed by atoms with van der Waals surface area (Å²) in [6.07, 6.45) is 8.03. The second kappa shape index (κ2) is 8.58. The predicted molar refractivity (Wildman–Crippen MR) is 93.5 cm³/mol. The predicted octanol–water partition coefficient (Wildman–Crippen LogP) is 2.32. The molecule has 3 rings (SSSR count). The Morgan fingerprint density at radius 1 is 1.33 bits per heavy atom. The van der Waals surface area contributed by atoms with Gasteiger partial charge in [0.2, 0.25) is 5.91 Å². The van der Waals surface area contributed by atoms with Gasteiger partial charge in [-0.1, -0.05) is 6.42 Å². The number of pyridine rings is 1. The molecular formula is C19H29N3O2. The van der Waals surface area contributed by atoms with Crippen LogP contribution in [-0.4, -0.2) is 59.6 Å². The average Bonchev–Trinajstić information content (AvgIpc) is 3.14. The molecule has 5 heteroatoms. The number of aromatic nitrogens is 1. The molecule has 2 fully saturated rings. The first kappa shape index (κ1) is 17.4. The number of carbonyl (C=O) groups excluding carboxylic acids is 1. The van der Waals surface area contributed by atoms with Gasteiger partial charge in [0.15, 0.2) is 0 Å². The fraction of sp³-hybridized carbons (Fsp3) is 0.684. The lowest BCUT2D eigenvalue weighted by Gasteiger charge is -2.38. The van der Waals surface area contributed by atoms with Crippen molar-refractivity contribution < 1.29 is 9.53 Å². The molecule has 0 N–H and O–H groups in total. The van der Waals surface area contributed by atoms with Crippen LogP contribution in [0.3, 0.4) is 0 Å². The summed E-state index contributed by atoms with van der Waals surface area (Å²) in [6, 6.07) is 4.11. The van der Waals surface area contributed by atoms with Gasteiger partial charge in [-0.05, 0) is 50.4 Å². The van der Waals surface area contributed by atoms with Crippen LogP contribution < -0.4 is 0 Å². The van der Waals surface area contributed by atoms with E-state index in [1.54, 1.807) is 0 Å². The van der Waals surface area contributed by atoms with Crippen LogP contribution >= 0.6 is 0 Å². The van der Waals surface area contributed by atoms with Gasteiger partial charge in [0, 0.05) is 44.6 Å². The van der Waals surface area contributed by atoms with E-state index in [1.165, 1.54) is 12.0 Å². The normalized spacial score (nSPS) is 24.9. The van der Waals surface area contributed by atoms with E-state index in [1.807, 2.05) is 24.5 Å². The molecule has 1 amide bonds. The summed E-state index contributed by atoms with van der Waals surface area (Å²) in [4.78, 5) is 21.6. The van der Waals surface area contributed by atoms with E-state index in [-0.39, 0.29) is 6.04 Å². The highest BCUT2D eigenvalue weighted by Gasteiger charge is 2.32. The molecule has 24 heavy (non-hydrogen) atoms. The summed E-state index contributed by atoms with van der Waals surface area (Å²) in [6.45, 7) is 7.20. The molecule has 0 bridgehead atoms. The van der Waals surface area contributed by atoms with Crippen molar-refractivity contribution in [1.82, 2.24) is 14.8 Å². The lowest BCUT2D eigenvalue weighted by atomic mass is 9.99. The lowest BCUT2D eigenvalue weighted by Crippen LogP contribution is -2.51. The van der Waals surface area contributed by atoms with E-state index in [2.05, 4.69) is 21.7 Å². The molecule has 5 nitrogen and oxygen atoms in total. The lowest BCUT2D eigenvalue weighted by molar-refractivity contribution is -0.139. The zero-order valence-corrected chi connectivity index (χ0v) is 14.7. The Morgan fingerprint density at radius 2 is 2.17 bits per heavy atom. The van der Waals surface area contributed by atoms with Crippen LogP contribution in [-0.2, 0) is 16.1 Å². The fourth-order valence-electron chi connectivity index (χ4n) is 3.81. The number of likely N-dealkylation sites (N-methyl/N-ethyl adjacent to an activating group) is 1. The molecule has 2 atom stereocenters. The number of rotatable bonds is 6. The van der Waals surface area contributed by atoms with Gasteiger partial charge in [0.05, 0.1) is 12.6 Å². The third-order valence-electron chi connectivity index (χ3n) is 5.23. The first-order valence-corrected chi connectivity index (χ1v) is 9.27. The van der Waals surface area contributed by atoms with Crippen molar-refractivity contribution in [3.63, 3.8) is 0 Å². The van der Waals surface area contributed by atoms with Crippen LogP contribution in [0.15, 0.2) is 24.5 Å². The molecule has 3 heterocycles. The highest BCUT2D eigenvalue weighted by Crippen LogP contribution is 2.23. The number of ether oxygens (including phenoxy) is 1. The SMILES string of the molecule is CCN(CC1CCOC1)C(=O)C1CCCCN1Cc1ccncc1. The van der Waals surface area contributed by atoms with Gasteiger partial charge in [0.25, 0.3) is 0 Å². The quantitative estimate of drug-likeness (QED) is 0.802. The van der Waals surface area contributed by atoms with E-state index in [0.29, 0.717) is 11.8 Å². The Labute approximate surface area is 145 Å². The molecule has 0 aliphatic carbocycles. The number of hydrogen-bond donors (Lipinski definition) is 0. The summed E-state index contributed by atoms with van der Waals surface area (Å²) < 4.78 is 5.47. The van der Waals surface area contributed by atoms with E-state index < -0.39 is 0 Å². The molecular weight excluding hydrogens is 302 g/mol. The van der Waals surface area contributed by atoms with Crippen LogP contribution in [0.25, 0.3) is 0 Å². The van der Waals surface area contributed by atoms with Crippen LogP contribution in [0.5, 0.6) is 0 Å². The molecule has 132 valence electrons. The van der Waals surface area contributed by atoms with Crippen molar-refractivity contribution in [3.05, 3.63) is 30.1 Å². The molecule has 1 aromatic heterocycles. The van der Waals surface area contributed by atoms with Gasteiger partial charge >= 0.3 is 0 Å². The van der Waals surface area contributed by atoms with E-state index in [9.17, 15) is 4.79 Å². The van der Waals surface area contributed by atoms with Crippen molar-refractivity contribution in [3.8, 4) is 0 Å². The van der Waals surface area contributed by atoms with Gasteiger partial charge in [-0.3, -0.25) is 14.7 Å². The second-order valence-electron chi connectivity index (χ2n) is 6.94. The second-order valence-corrected chi connectivity index (χ2v) is 6.94. The number of nitrogens with zero attached hydrogens (tertiary/aromatic N) is 3. The summed E-state index contributed by atoms with van der Waals surface area (Å²) >= 11 is 0. The number of hydrogen-bond acceptors (Lipinski definition) is 4. The highest BCUT2D eigenvalue weighted by atomic mass is 16.5. The van der Waals surface area contributed by atoms with Crippen LogP contribution in [0, 0.1) is 5.92 Å². The van der Waals surface area contributed by atoms with Gasteiger partial charge in [-0.15, -0.1) is 0 Å². The first-order chi connectivity index (χ1) is 11.8. The fourth-order valence-corrected chi connectivity index (χ4v) is 3.81. The van der Waals surface area contributed by atoms with Crippen LogP contribution in [0.2, 0.25) is 0 Å². The Hall–Kier alpha value is -1.46. The largest absolute Gasteiger partial charge is 0.381 e. The molecule has 2 unspecified atom stereocenters. The number of piperidine rings is 1. The van der Waals surface area contributed by atoms with Gasteiger partial charge in [-0.25, -0.2) is 0 Å². The molecule has 0 saturated carbocycles. The monoisotopic (exact) mass is 331 g/mol. The zero-order valence-electron chi connectivity index (χ0n) is 14.7. The Morgan fingerprint density at radius 3 is 2.88 bits per heavy atom. The third kappa shape index (κ3) is 4.33. The molecule has 0 aromatic carbocycles. The Bertz CT molecular complexity index is 517. The first-order valence-electron chi connectivity index (χ1n) is 9.27. The average molecular weight is 331 g/mol. The van der Waals surface area contributed by atoms with Gasteiger partial charge < -0.3 is 9.64 Å². The smallest absolute Gasteiger partial charge is 0.239 e. The minimum Gasteiger partial charge on any atom is -0.381 e. The number of amides is 1. The highest BCUT2D eigenvalue weighted by molar-refractivity contribution is 5.82. The number of likely N-dealkylation sites (tertiary alicyclic amines) is 1. The van der Waals surface area contributed by atoms with E-state index in [0.717, 1.165) is 58.7 Å². The van der Waals surface area contributed by atoms with Crippen molar-refractivity contribution in [2.45, 2.75) is 45.2 Å². The molecule has 0 radical (unpaired) electrons. The van der Waals surface area contributed by atoms with Gasteiger partial charge in [-0.2, -0.15) is 0 Å². The minimum atomic E-state index is 0.0224. The molecule has 2 saturated heterocycles. The molecule has 2 aliphatic heterocycles. The maximum Gasteiger partial charge on any atom is 0.239 e. The third-order valence-corrected chi connectivity index (χ3v) is 5.23. The molecule has 0 spiro atoms. The maximum absolute atomic E-state index is 13.1. The van der Waals surface area contributed by atoms with Crippen molar-refractivity contribution in [1.29, 1.82) is 0 Å². The van der Waals surface area contributed by atoms with E-state index in [4.69, 9.17) is 4.74 Å². The molecule has 1 aromatic rings. The minimum absolute atomic E-state index is 0.0224.